The number of halogens is 1. The molecule has 1 aromatic carbocycles. The highest BCUT2D eigenvalue weighted by atomic mass is 35.5. The number of aromatic nitrogens is 1. The molecule has 0 aliphatic carbocycles. The zero-order valence-electron chi connectivity index (χ0n) is 27.7. The van der Waals surface area contributed by atoms with Crippen LogP contribution >= 0.6 is 34.7 Å². The number of nitrogens with zero attached hydrogens (tertiary/aromatic N) is 5. The van der Waals surface area contributed by atoms with E-state index in [0.717, 1.165) is 27.9 Å². The number of hydrazine groups is 1. The summed E-state index contributed by atoms with van der Waals surface area (Å²) in [5.41, 5.74) is 4.45. The van der Waals surface area contributed by atoms with Crippen LogP contribution in [0.4, 0.5) is 4.79 Å². The van der Waals surface area contributed by atoms with Crippen molar-refractivity contribution in [3.05, 3.63) is 49.9 Å². The lowest BCUT2D eigenvalue weighted by Crippen LogP contribution is -2.59. The third-order valence-electron chi connectivity index (χ3n) is 8.81. The fourth-order valence-corrected chi connectivity index (χ4v) is 8.51. The Labute approximate surface area is 295 Å². The lowest BCUT2D eigenvalue weighted by Gasteiger charge is -2.41. The van der Waals surface area contributed by atoms with Crippen molar-refractivity contribution in [2.24, 2.45) is 11.1 Å². The van der Waals surface area contributed by atoms with E-state index in [9.17, 15) is 33.6 Å². The molecule has 3 aliphatic heterocycles. The number of hydrogen-bond donors (Lipinski definition) is 1. The lowest BCUT2D eigenvalue weighted by molar-refractivity contribution is -0.152. The molecule has 2 unspecified atom stereocenters. The molecule has 3 saturated heterocycles. The van der Waals surface area contributed by atoms with E-state index >= 15 is 0 Å². The molecular weight excluding hydrogens is 696 g/mol. The van der Waals surface area contributed by atoms with Crippen LogP contribution in [-0.2, 0) is 28.8 Å². The summed E-state index contributed by atoms with van der Waals surface area (Å²) in [5.74, 6) is -3.48. The number of Topliss-reactive ketones (excluding diaryl/α,β-unsaturated/α-hetero) is 4. The van der Waals surface area contributed by atoms with E-state index < -0.39 is 45.8 Å². The minimum atomic E-state index is -1.44. The maximum absolute atomic E-state index is 13.7. The van der Waals surface area contributed by atoms with Gasteiger partial charge < -0.3 is 9.74 Å². The fourth-order valence-electron chi connectivity index (χ4n) is 5.86. The van der Waals surface area contributed by atoms with Gasteiger partial charge in [0.2, 0.25) is 5.91 Å². The monoisotopic (exact) mass is 730 g/mol. The number of amides is 4. The Morgan fingerprint density at radius 3 is 2.45 bits per heavy atom. The molecular formula is C32H35ClN6O8S2. The van der Waals surface area contributed by atoms with Crippen LogP contribution in [-0.4, -0.2) is 102 Å². The number of urea groups is 1. The first-order valence-electron chi connectivity index (χ1n) is 15.4. The topological polar surface area (TPSA) is 176 Å². The number of thioether (sulfide) groups is 1. The normalized spacial score (nSPS) is 22.5. The van der Waals surface area contributed by atoms with Gasteiger partial charge in [-0.25, -0.2) is 14.8 Å². The van der Waals surface area contributed by atoms with Gasteiger partial charge in [0, 0.05) is 18.3 Å². The van der Waals surface area contributed by atoms with Crippen molar-refractivity contribution in [3.63, 3.8) is 0 Å². The first kappa shape index (κ1) is 36.1. The van der Waals surface area contributed by atoms with Crippen molar-refractivity contribution in [2.45, 2.75) is 70.7 Å². The number of ketones is 4. The third kappa shape index (κ3) is 6.85. The van der Waals surface area contributed by atoms with Crippen molar-refractivity contribution < 1.29 is 38.4 Å². The standard InChI is InChI=1S/C32H35ClN6O8S2/c1-15-7-8-21(26(33)17(15)3)28(44)35-39-10-9-38(31(39)46)32(19(5)42)14-37-29(45)22(30(37)49-32)12-24(43)27(23-13-48-20(6)34-23)36-47-25(18(4)41)11-16(2)40/h7-8,13,22,25,30H,9-12,14H2,1-6H3,(H,35,44)/b36-27-/t22-,25?,30?,32-/m1/s1. The highest BCUT2D eigenvalue weighted by molar-refractivity contribution is 8.02. The molecule has 260 valence electrons. The van der Waals surface area contributed by atoms with Gasteiger partial charge in [-0.3, -0.25) is 39.1 Å². The number of rotatable bonds is 13. The summed E-state index contributed by atoms with van der Waals surface area (Å²) in [5, 5.41) is 6.98. The minimum Gasteiger partial charge on any atom is -0.383 e. The van der Waals surface area contributed by atoms with E-state index in [4.69, 9.17) is 16.4 Å². The van der Waals surface area contributed by atoms with E-state index in [1.807, 2.05) is 6.92 Å². The van der Waals surface area contributed by atoms with Crippen molar-refractivity contribution >= 4 is 81.4 Å². The smallest absolute Gasteiger partial charge is 0.340 e. The average molecular weight is 731 g/mol. The molecule has 4 amide bonds. The molecule has 4 heterocycles. The Balaban J connectivity index is 1.31. The molecule has 3 fully saturated rings. The van der Waals surface area contributed by atoms with Gasteiger partial charge >= 0.3 is 6.03 Å². The number of oxime groups is 1. The second-order valence-electron chi connectivity index (χ2n) is 12.2. The second-order valence-corrected chi connectivity index (χ2v) is 15.1. The van der Waals surface area contributed by atoms with Crippen LogP contribution in [0.15, 0.2) is 22.7 Å². The summed E-state index contributed by atoms with van der Waals surface area (Å²) in [4.78, 5) is 102. The number of nitrogens with one attached hydrogen (secondary N) is 1. The quantitative estimate of drug-likeness (QED) is 0.183. The summed E-state index contributed by atoms with van der Waals surface area (Å²) in [6.07, 6.45) is -1.72. The summed E-state index contributed by atoms with van der Waals surface area (Å²) in [7, 11) is 0. The lowest BCUT2D eigenvalue weighted by atomic mass is 9.90. The van der Waals surface area contributed by atoms with E-state index in [1.165, 1.54) is 41.9 Å². The van der Waals surface area contributed by atoms with E-state index in [2.05, 4.69) is 15.6 Å². The second kappa shape index (κ2) is 14.0. The van der Waals surface area contributed by atoms with E-state index in [-0.39, 0.29) is 71.9 Å². The number of fused-ring (bicyclic) bond motifs is 1. The molecule has 5 rings (SSSR count). The Morgan fingerprint density at radius 2 is 1.84 bits per heavy atom. The molecule has 1 N–H and O–H groups in total. The van der Waals surface area contributed by atoms with Crippen LogP contribution in [0.5, 0.6) is 0 Å². The van der Waals surface area contributed by atoms with Crippen LogP contribution in [0.1, 0.15) is 65.8 Å². The van der Waals surface area contributed by atoms with Gasteiger partial charge in [-0.15, -0.1) is 11.3 Å². The highest BCUT2D eigenvalue weighted by Crippen LogP contribution is 2.53. The molecule has 17 heteroatoms. The van der Waals surface area contributed by atoms with Gasteiger partial charge in [-0.05, 0) is 58.7 Å². The fraction of sp³-hybridized carbons (Fsp3) is 0.469. The Bertz CT molecular complexity index is 1810. The number of benzene rings is 1. The first-order valence-corrected chi connectivity index (χ1v) is 17.5. The molecule has 3 aliphatic rings. The van der Waals surface area contributed by atoms with Crippen molar-refractivity contribution in [3.8, 4) is 0 Å². The van der Waals surface area contributed by atoms with E-state index in [0.29, 0.717) is 5.01 Å². The van der Waals surface area contributed by atoms with Crippen LogP contribution in [0, 0.1) is 26.7 Å². The van der Waals surface area contributed by atoms with E-state index in [1.54, 1.807) is 31.4 Å². The molecule has 2 aromatic rings. The SMILES string of the molecule is CC(=O)CC(O/N=C(\C(=O)C[C@@H]1C(=O)N2C[C@@](C(C)=O)(N3CCN(NC(=O)c4ccc(C)c(C)c4Cl)C3=O)SC12)c1csc(C)n1)C(C)=O. The van der Waals surface area contributed by atoms with Crippen molar-refractivity contribution in [1.82, 2.24) is 25.2 Å². The van der Waals surface area contributed by atoms with Crippen LogP contribution in [0.2, 0.25) is 5.02 Å². The number of carbonyl (C=O) groups is 7. The number of thiazole rings is 1. The third-order valence-corrected chi connectivity index (χ3v) is 11.9. The highest BCUT2D eigenvalue weighted by Gasteiger charge is 2.64. The summed E-state index contributed by atoms with van der Waals surface area (Å²) < 4.78 is 0. The molecule has 14 nitrogen and oxygen atoms in total. The van der Waals surface area contributed by atoms with Gasteiger partial charge in [0.1, 0.15) is 11.5 Å². The Morgan fingerprint density at radius 1 is 1.12 bits per heavy atom. The van der Waals surface area contributed by atoms with Gasteiger partial charge in [0.15, 0.2) is 34.0 Å². The predicted molar refractivity (Wildman–Crippen MR) is 181 cm³/mol. The Kier molecular flexibility index (Phi) is 10.3. The van der Waals surface area contributed by atoms with Gasteiger partial charge in [-0.2, -0.15) is 0 Å². The van der Waals surface area contributed by atoms with Crippen LogP contribution < -0.4 is 5.43 Å². The first-order chi connectivity index (χ1) is 23.0. The largest absolute Gasteiger partial charge is 0.383 e. The maximum atomic E-state index is 13.7. The van der Waals surface area contributed by atoms with Crippen LogP contribution in [0.3, 0.4) is 0 Å². The molecule has 4 atom stereocenters. The molecule has 0 radical (unpaired) electrons. The van der Waals surface area contributed by atoms with Crippen molar-refractivity contribution in [2.75, 3.05) is 19.6 Å². The predicted octanol–water partition coefficient (Wildman–Crippen LogP) is 3.24. The van der Waals surface area contributed by atoms with Gasteiger partial charge in [0.25, 0.3) is 5.91 Å². The summed E-state index contributed by atoms with van der Waals surface area (Å²) >= 11 is 8.78. The number of aryl methyl sites for hydroxylation is 2. The van der Waals surface area contributed by atoms with Gasteiger partial charge in [-0.1, -0.05) is 34.6 Å². The van der Waals surface area contributed by atoms with Crippen LogP contribution in [0.25, 0.3) is 0 Å². The Hall–Kier alpha value is -4.15. The molecule has 0 bridgehead atoms. The molecule has 1 aromatic heterocycles. The minimum absolute atomic E-state index is 0.0842. The van der Waals surface area contributed by atoms with Gasteiger partial charge in [0.05, 0.1) is 46.4 Å². The number of carbonyl (C=O) groups excluding carboxylic acids is 7. The molecule has 0 saturated carbocycles. The molecule has 0 spiro atoms. The average Bonchev–Trinajstić information content (AvgIpc) is 3.74. The number of β-lactam (4-membered cyclic amide) rings is 1. The summed E-state index contributed by atoms with van der Waals surface area (Å²) in [6, 6.07) is 2.72. The zero-order chi connectivity index (χ0) is 35.9. The maximum Gasteiger partial charge on any atom is 0.340 e. The number of hydrogen-bond acceptors (Lipinski definition) is 12. The zero-order valence-corrected chi connectivity index (χ0v) is 30.1. The summed E-state index contributed by atoms with van der Waals surface area (Å²) in [6.45, 7) is 9.38. The molecule has 49 heavy (non-hydrogen) atoms. The van der Waals surface area contributed by atoms with Crippen molar-refractivity contribution in [1.29, 1.82) is 0 Å².